The summed E-state index contributed by atoms with van der Waals surface area (Å²) in [5.74, 6) is 0.762. The molecule has 0 unspecified atom stereocenters. The number of imidazole rings is 1. The lowest BCUT2D eigenvalue weighted by molar-refractivity contribution is 0.477. The van der Waals surface area contributed by atoms with Gasteiger partial charge in [-0.3, -0.25) is 0 Å². The summed E-state index contributed by atoms with van der Waals surface area (Å²) in [6.45, 7) is 1.33. The van der Waals surface area contributed by atoms with Crippen molar-refractivity contribution in [1.29, 1.82) is 0 Å². The number of H-pyrrole nitrogens is 1. The maximum Gasteiger partial charge on any atom is 0.131 e. The molecule has 1 aromatic rings. The summed E-state index contributed by atoms with van der Waals surface area (Å²) in [5.41, 5.74) is 0.544. The van der Waals surface area contributed by atoms with Crippen molar-refractivity contribution >= 4 is 0 Å². The van der Waals surface area contributed by atoms with Crippen LogP contribution in [0.25, 0.3) is 0 Å². The zero-order valence-corrected chi connectivity index (χ0v) is 4.61. The maximum atomic E-state index is 11.7. The van der Waals surface area contributed by atoms with Crippen molar-refractivity contribution in [3.63, 3.8) is 0 Å². The van der Waals surface area contributed by atoms with Gasteiger partial charge in [0.15, 0.2) is 0 Å². The number of halogens is 1. The Morgan fingerprint density at radius 2 is 2.62 bits per heavy atom. The minimum atomic E-state index is -0.458. The Kier molecular flexibility index (Phi) is 1.28. The van der Waals surface area contributed by atoms with Crippen molar-refractivity contribution in [1.82, 2.24) is 9.97 Å². The zero-order chi connectivity index (χ0) is 5.98. The van der Waals surface area contributed by atoms with Crippen LogP contribution in [0.2, 0.25) is 0 Å². The van der Waals surface area contributed by atoms with Crippen LogP contribution in [0.5, 0.6) is 0 Å². The van der Waals surface area contributed by atoms with Crippen molar-refractivity contribution in [2.75, 3.05) is 0 Å². The molecule has 3 heteroatoms. The number of nitrogens with one attached hydrogen (secondary N) is 1. The van der Waals surface area contributed by atoms with Crippen LogP contribution in [0.15, 0.2) is 6.20 Å². The summed E-state index contributed by atoms with van der Waals surface area (Å²) < 4.78 is 11.7. The van der Waals surface area contributed by atoms with Gasteiger partial charge < -0.3 is 4.98 Å². The van der Waals surface area contributed by atoms with Crippen LogP contribution >= 0.6 is 0 Å². The van der Waals surface area contributed by atoms with E-state index in [1.807, 2.05) is 0 Å². The number of hydrogen-bond donors (Lipinski definition) is 1. The Bertz CT molecular complexity index is 171. The van der Waals surface area contributed by atoms with Crippen LogP contribution in [0.3, 0.4) is 0 Å². The lowest BCUT2D eigenvalue weighted by Crippen LogP contribution is -1.75. The van der Waals surface area contributed by atoms with Crippen LogP contribution < -0.4 is 0 Å². The molecule has 2 nitrogen and oxygen atoms in total. The fourth-order valence-corrected chi connectivity index (χ4v) is 0.540. The van der Waals surface area contributed by atoms with Gasteiger partial charge in [0.25, 0.3) is 0 Å². The first-order chi connectivity index (χ1) is 3.83. The summed E-state index contributed by atoms with van der Waals surface area (Å²) in [6, 6.07) is 0. The molecule has 0 bridgehead atoms. The van der Waals surface area contributed by atoms with Crippen molar-refractivity contribution < 1.29 is 4.39 Å². The monoisotopic (exact) mass is 114 g/mol. The maximum absolute atomic E-state index is 11.7. The van der Waals surface area contributed by atoms with Gasteiger partial charge in [-0.2, -0.15) is 0 Å². The number of nitrogens with zero attached hydrogens (tertiary/aromatic N) is 1. The molecule has 0 aromatic carbocycles. The fourth-order valence-electron chi connectivity index (χ4n) is 0.540. The molecule has 1 N–H and O–H groups in total. The van der Waals surface area contributed by atoms with Crippen LogP contribution in [0, 0.1) is 6.92 Å². The fraction of sp³-hybridized carbons (Fsp3) is 0.400. The largest absolute Gasteiger partial charge is 0.344 e. The van der Waals surface area contributed by atoms with E-state index in [1.165, 1.54) is 6.20 Å². The highest BCUT2D eigenvalue weighted by Crippen LogP contribution is 1.95. The Morgan fingerprint density at radius 1 is 1.88 bits per heavy atom. The average Bonchev–Trinajstić information content (AvgIpc) is 2.14. The molecular weight excluding hydrogens is 107 g/mol. The third kappa shape index (κ3) is 0.857. The molecule has 0 aliphatic carbocycles. The van der Waals surface area contributed by atoms with Crippen LogP contribution in [-0.2, 0) is 6.67 Å². The summed E-state index contributed by atoms with van der Waals surface area (Å²) in [5, 5.41) is 0. The first-order valence-corrected chi connectivity index (χ1v) is 2.39. The molecule has 0 aliphatic rings. The normalized spacial score (nSPS) is 9.75. The van der Waals surface area contributed by atoms with Crippen LogP contribution in [0.4, 0.5) is 4.39 Å². The molecule has 0 saturated heterocycles. The van der Waals surface area contributed by atoms with Gasteiger partial charge in [0.05, 0.1) is 11.9 Å². The first kappa shape index (κ1) is 5.28. The smallest absolute Gasteiger partial charge is 0.131 e. The van der Waals surface area contributed by atoms with Gasteiger partial charge in [-0.1, -0.05) is 0 Å². The minimum absolute atomic E-state index is 0.458. The molecule has 0 aliphatic heterocycles. The SMILES string of the molecule is Cc1ncc(CF)[nH]1. The number of aromatic amines is 1. The molecule has 0 radical (unpaired) electrons. The number of alkyl halides is 1. The molecule has 0 amide bonds. The van der Waals surface area contributed by atoms with E-state index in [9.17, 15) is 4.39 Å². The van der Waals surface area contributed by atoms with Crippen molar-refractivity contribution in [2.45, 2.75) is 13.6 Å². The van der Waals surface area contributed by atoms with E-state index >= 15 is 0 Å². The molecule has 0 saturated carbocycles. The van der Waals surface area contributed by atoms with E-state index in [0.717, 1.165) is 5.82 Å². The van der Waals surface area contributed by atoms with Gasteiger partial charge in [-0.05, 0) is 6.92 Å². The first-order valence-electron chi connectivity index (χ1n) is 2.39. The molecule has 8 heavy (non-hydrogen) atoms. The Balaban J connectivity index is 2.84. The third-order valence-corrected chi connectivity index (χ3v) is 0.899. The topological polar surface area (TPSA) is 28.7 Å². The number of aryl methyl sites for hydroxylation is 1. The van der Waals surface area contributed by atoms with Crippen molar-refractivity contribution in [3.8, 4) is 0 Å². The Labute approximate surface area is 46.8 Å². The summed E-state index contributed by atoms with van der Waals surface area (Å²) in [4.78, 5) is 6.53. The molecule has 1 heterocycles. The highest BCUT2D eigenvalue weighted by molar-refractivity contribution is 4.97. The lowest BCUT2D eigenvalue weighted by Gasteiger charge is -1.79. The molecular formula is C5H7FN2. The molecule has 0 spiro atoms. The van der Waals surface area contributed by atoms with E-state index in [4.69, 9.17) is 0 Å². The average molecular weight is 114 g/mol. The minimum Gasteiger partial charge on any atom is -0.344 e. The molecule has 1 aromatic heterocycles. The van der Waals surface area contributed by atoms with E-state index in [2.05, 4.69) is 9.97 Å². The Hall–Kier alpha value is -0.860. The highest BCUT2D eigenvalue weighted by atomic mass is 19.1. The summed E-state index contributed by atoms with van der Waals surface area (Å²) >= 11 is 0. The second-order valence-corrected chi connectivity index (χ2v) is 1.63. The summed E-state index contributed by atoms with van der Waals surface area (Å²) in [6.07, 6.45) is 1.50. The van der Waals surface area contributed by atoms with Crippen LogP contribution in [0.1, 0.15) is 11.5 Å². The number of aromatic nitrogens is 2. The van der Waals surface area contributed by atoms with Gasteiger partial charge in [0.2, 0.25) is 0 Å². The Morgan fingerprint density at radius 3 is 2.88 bits per heavy atom. The summed E-state index contributed by atoms with van der Waals surface area (Å²) in [7, 11) is 0. The van der Waals surface area contributed by atoms with E-state index in [1.54, 1.807) is 6.92 Å². The van der Waals surface area contributed by atoms with Crippen LogP contribution in [-0.4, -0.2) is 9.97 Å². The third-order valence-electron chi connectivity index (χ3n) is 0.899. The van der Waals surface area contributed by atoms with E-state index < -0.39 is 6.67 Å². The predicted octanol–water partition coefficient (Wildman–Crippen LogP) is 1.19. The molecule has 0 fully saturated rings. The van der Waals surface area contributed by atoms with Crippen molar-refractivity contribution in [3.05, 3.63) is 17.7 Å². The highest BCUT2D eigenvalue weighted by Gasteiger charge is 1.91. The molecule has 0 atom stereocenters. The standard InChI is InChI=1S/C5H7FN2/c1-4-7-3-5(2-6)8-4/h3H,2H2,1H3,(H,7,8). The van der Waals surface area contributed by atoms with Gasteiger partial charge in [-0.15, -0.1) is 0 Å². The van der Waals surface area contributed by atoms with Gasteiger partial charge in [0, 0.05) is 0 Å². The lowest BCUT2D eigenvalue weighted by atomic mass is 10.5. The van der Waals surface area contributed by atoms with Gasteiger partial charge >= 0.3 is 0 Å². The second-order valence-electron chi connectivity index (χ2n) is 1.63. The number of hydrogen-bond acceptors (Lipinski definition) is 1. The molecule has 44 valence electrons. The molecule has 1 rings (SSSR count). The zero-order valence-electron chi connectivity index (χ0n) is 4.61. The van der Waals surface area contributed by atoms with Gasteiger partial charge in [0.1, 0.15) is 12.5 Å². The predicted molar refractivity (Wildman–Crippen MR) is 28.1 cm³/mol. The second kappa shape index (κ2) is 1.94. The quantitative estimate of drug-likeness (QED) is 0.583. The number of rotatable bonds is 1. The van der Waals surface area contributed by atoms with Crippen molar-refractivity contribution in [2.24, 2.45) is 0 Å². The van der Waals surface area contributed by atoms with E-state index in [0.29, 0.717) is 5.69 Å². The van der Waals surface area contributed by atoms with E-state index in [-0.39, 0.29) is 0 Å². The van der Waals surface area contributed by atoms with Gasteiger partial charge in [-0.25, -0.2) is 9.37 Å².